The molecule has 2 N–H and O–H groups in total. The minimum Gasteiger partial charge on any atom is -0.383 e. The van der Waals surface area contributed by atoms with Gasteiger partial charge in [-0.25, -0.2) is 4.98 Å². The fraction of sp³-hybridized carbons (Fsp3) is 0.500. The van der Waals surface area contributed by atoms with E-state index in [9.17, 15) is 0 Å². The Morgan fingerprint density at radius 1 is 1.39 bits per heavy atom. The molecule has 0 aliphatic rings. The molecule has 1 unspecified atom stereocenters. The molecular formula is C16H26IN5O. The van der Waals surface area contributed by atoms with Gasteiger partial charge in [-0.2, -0.15) is 0 Å². The Labute approximate surface area is 154 Å². The summed E-state index contributed by atoms with van der Waals surface area (Å²) in [6.07, 6.45) is 2.90. The van der Waals surface area contributed by atoms with Gasteiger partial charge in [-0.05, 0) is 25.5 Å². The minimum atomic E-state index is 0. The third-order valence-corrected chi connectivity index (χ3v) is 3.42. The maximum absolute atomic E-state index is 5.11. The monoisotopic (exact) mass is 431 g/mol. The van der Waals surface area contributed by atoms with Crippen molar-refractivity contribution in [3.8, 4) is 0 Å². The predicted molar refractivity (Wildman–Crippen MR) is 106 cm³/mol. The first-order valence-corrected chi connectivity index (χ1v) is 7.60. The highest BCUT2D eigenvalue weighted by Gasteiger charge is 2.04. The lowest BCUT2D eigenvalue weighted by molar-refractivity contribution is 0.179. The number of hydrogen-bond acceptors (Lipinski definition) is 3. The summed E-state index contributed by atoms with van der Waals surface area (Å²) in [4.78, 5) is 8.62. The lowest BCUT2D eigenvalue weighted by Crippen LogP contribution is -2.44. The molecule has 7 heteroatoms. The third-order valence-electron chi connectivity index (χ3n) is 3.42. The molecule has 23 heavy (non-hydrogen) atoms. The van der Waals surface area contributed by atoms with Gasteiger partial charge in [-0.3, -0.25) is 4.99 Å². The fourth-order valence-corrected chi connectivity index (χ4v) is 2.36. The molecule has 0 radical (unpaired) electrons. The van der Waals surface area contributed by atoms with E-state index < -0.39 is 0 Å². The molecule has 0 spiro atoms. The van der Waals surface area contributed by atoms with Crippen LogP contribution in [0.4, 0.5) is 0 Å². The van der Waals surface area contributed by atoms with Gasteiger partial charge in [-0.1, -0.05) is 12.1 Å². The number of rotatable bonds is 7. The van der Waals surface area contributed by atoms with Crippen molar-refractivity contribution in [2.45, 2.75) is 25.9 Å². The maximum atomic E-state index is 5.11. The highest BCUT2D eigenvalue weighted by molar-refractivity contribution is 14.0. The van der Waals surface area contributed by atoms with Crippen molar-refractivity contribution >= 4 is 41.0 Å². The maximum Gasteiger partial charge on any atom is 0.191 e. The quantitative estimate of drug-likeness (QED) is 0.306. The Kier molecular flexibility index (Phi) is 8.93. The fourth-order valence-electron chi connectivity index (χ4n) is 2.36. The number of ether oxygens (including phenoxy) is 1. The lowest BCUT2D eigenvalue weighted by Gasteiger charge is -2.17. The molecule has 1 atom stereocenters. The van der Waals surface area contributed by atoms with Crippen LogP contribution >= 0.6 is 24.0 Å². The first-order chi connectivity index (χ1) is 10.7. The first kappa shape index (κ1) is 19.7. The average molecular weight is 431 g/mol. The van der Waals surface area contributed by atoms with Crippen LogP contribution in [0.1, 0.15) is 13.3 Å². The molecule has 0 saturated heterocycles. The number of fused-ring (bicyclic) bond motifs is 1. The van der Waals surface area contributed by atoms with Gasteiger partial charge in [-0.15, -0.1) is 24.0 Å². The van der Waals surface area contributed by atoms with Crippen LogP contribution in [0.15, 0.2) is 35.6 Å². The number of halogens is 1. The average Bonchev–Trinajstić information content (AvgIpc) is 2.94. The van der Waals surface area contributed by atoms with Gasteiger partial charge in [0.2, 0.25) is 0 Å². The van der Waals surface area contributed by atoms with Crippen molar-refractivity contribution in [1.29, 1.82) is 0 Å². The normalized spacial score (nSPS) is 12.7. The molecule has 2 aromatic rings. The van der Waals surface area contributed by atoms with Gasteiger partial charge in [0.05, 0.1) is 24.0 Å². The van der Waals surface area contributed by atoms with E-state index in [4.69, 9.17) is 4.74 Å². The zero-order valence-corrected chi connectivity index (χ0v) is 16.3. The molecule has 0 bridgehead atoms. The van der Waals surface area contributed by atoms with E-state index in [1.54, 1.807) is 14.2 Å². The van der Waals surface area contributed by atoms with Crippen LogP contribution < -0.4 is 10.6 Å². The number of guanidine groups is 1. The van der Waals surface area contributed by atoms with Gasteiger partial charge in [0.1, 0.15) is 0 Å². The standard InChI is InChI=1S/C16H25N5O.HI/c1-13(11-22-3)20-16(17-2)18-9-6-10-21-12-19-14-7-4-5-8-15(14)21;/h4-5,7-8,12-13H,6,9-11H2,1-3H3,(H2,17,18,20);1H. The molecule has 2 rings (SSSR count). The molecule has 0 fully saturated rings. The van der Waals surface area contributed by atoms with Crippen molar-refractivity contribution in [3.63, 3.8) is 0 Å². The van der Waals surface area contributed by atoms with Gasteiger partial charge in [0, 0.05) is 33.3 Å². The van der Waals surface area contributed by atoms with Crippen LogP contribution in [0.3, 0.4) is 0 Å². The Morgan fingerprint density at radius 2 is 2.17 bits per heavy atom. The van der Waals surface area contributed by atoms with Gasteiger partial charge < -0.3 is 19.9 Å². The molecule has 0 aliphatic heterocycles. The largest absolute Gasteiger partial charge is 0.383 e. The summed E-state index contributed by atoms with van der Waals surface area (Å²) in [6, 6.07) is 8.42. The van der Waals surface area contributed by atoms with Crippen LogP contribution in [0, 0.1) is 0 Å². The summed E-state index contributed by atoms with van der Waals surface area (Å²) in [7, 11) is 3.47. The summed E-state index contributed by atoms with van der Waals surface area (Å²) in [5, 5.41) is 6.60. The first-order valence-electron chi connectivity index (χ1n) is 7.60. The summed E-state index contributed by atoms with van der Waals surface area (Å²) in [5.74, 6) is 0.806. The molecule has 0 aliphatic carbocycles. The zero-order valence-electron chi connectivity index (χ0n) is 14.0. The Hall–Kier alpha value is -1.35. The van der Waals surface area contributed by atoms with Crippen LogP contribution in [-0.4, -0.2) is 48.9 Å². The summed E-state index contributed by atoms with van der Waals surface area (Å²) in [5.41, 5.74) is 2.22. The number of methoxy groups -OCH3 is 1. The number of aryl methyl sites for hydroxylation is 1. The van der Waals surface area contributed by atoms with E-state index in [-0.39, 0.29) is 30.0 Å². The van der Waals surface area contributed by atoms with Crippen LogP contribution in [0.25, 0.3) is 11.0 Å². The van der Waals surface area contributed by atoms with Crippen LogP contribution in [-0.2, 0) is 11.3 Å². The molecule has 1 aromatic heterocycles. The van der Waals surface area contributed by atoms with E-state index in [2.05, 4.69) is 38.2 Å². The minimum absolute atomic E-state index is 0. The molecule has 1 aromatic carbocycles. The summed E-state index contributed by atoms with van der Waals surface area (Å²) < 4.78 is 7.29. The number of imidazole rings is 1. The Morgan fingerprint density at radius 3 is 2.91 bits per heavy atom. The van der Waals surface area contributed by atoms with E-state index in [0.29, 0.717) is 6.61 Å². The highest BCUT2D eigenvalue weighted by Crippen LogP contribution is 2.11. The third kappa shape index (κ3) is 5.98. The van der Waals surface area contributed by atoms with Crippen molar-refractivity contribution in [3.05, 3.63) is 30.6 Å². The van der Waals surface area contributed by atoms with Gasteiger partial charge in [0.25, 0.3) is 0 Å². The summed E-state index contributed by atoms with van der Waals surface area (Å²) in [6.45, 7) is 4.50. The van der Waals surface area contributed by atoms with Gasteiger partial charge >= 0.3 is 0 Å². The number of aliphatic imine (C=N–C) groups is 1. The van der Waals surface area contributed by atoms with Gasteiger partial charge in [0.15, 0.2) is 5.96 Å². The molecule has 0 saturated carbocycles. The van der Waals surface area contributed by atoms with E-state index in [0.717, 1.165) is 31.0 Å². The number of hydrogen-bond donors (Lipinski definition) is 2. The van der Waals surface area contributed by atoms with Crippen molar-refractivity contribution < 1.29 is 4.74 Å². The Balaban J connectivity index is 0.00000264. The second kappa shape index (κ2) is 10.4. The van der Waals surface area contributed by atoms with Crippen LogP contribution in [0.2, 0.25) is 0 Å². The number of nitrogens with zero attached hydrogens (tertiary/aromatic N) is 3. The number of nitrogens with one attached hydrogen (secondary N) is 2. The van der Waals surface area contributed by atoms with Crippen LogP contribution in [0.5, 0.6) is 0 Å². The second-order valence-electron chi connectivity index (χ2n) is 5.28. The Bertz CT molecular complexity index is 613. The molecule has 128 valence electrons. The van der Waals surface area contributed by atoms with E-state index in [1.807, 2.05) is 24.5 Å². The SMILES string of the molecule is CN=C(NCCCn1cnc2ccccc21)NC(C)COC.I. The molecule has 1 heterocycles. The van der Waals surface area contributed by atoms with E-state index in [1.165, 1.54) is 5.52 Å². The van der Waals surface area contributed by atoms with Crippen molar-refractivity contribution in [1.82, 2.24) is 20.2 Å². The molecule has 0 amide bonds. The summed E-state index contributed by atoms with van der Waals surface area (Å²) >= 11 is 0. The number of aromatic nitrogens is 2. The number of para-hydroxylation sites is 2. The van der Waals surface area contributed by atoms with E-state index >= 15 is 0 Å². The van der Waals surface area contributed by atoms with Crippen molar-refractivity contribution in [2.75, 3.05) is 27.3 Å². The lowest BCUT2D eigenvalue weighted by atomic mass is 10.3. The topological polar surface area (TPSA) is 63.5 Å². The molecular weight excluding hydrogens is 405 g/mol. The predicted octanol–water partition coefficient (Wildman–Crippen LogP) is 2.24. The smallest absolute Gasteiger partial charge is 0.191 e. The highest BCUT2D eigenvalue weighted by atomic mass is 127. The second-order valence-corrected chi connectivity index (χ2v) is 5.28. The molecule has 6 nitrogen and oxygen atoms in total. The number of benzene rings is 1. The van der Waals surface area contributed by atoms with Crippen molar-refractivity contribution in [2.24, 2.45) is 4.99 Å². The zero-order chi connectivity index (χ0) is 15.8.